The van der Waals surface area contributed by atoms with Gasteiger partial charge >= 0.3 is 0 Å². The molecular weight excluding hydrogens is 248 g/mol. The van der Waals surface area contributed by atoms with Crippen LogP contribution in [0.1, 0.15) is 23.7 Å². The minimum Gasteiger partial charge on any atom is -0.310 e. The minimum absolute atomic E-state index is 0.0271. The maximum absolute atomic E-state index is 13.5. The first kappa shape index (κ1) is 13.7. The third-order valence-electron chi connectivity index (χ3n) is 3.15. The highest BCUT2D eigenvalue weighted by molar-refractivity contribution is 5.21. The van der Waals surface area contributed by atoms with Gasteiger partial charge in [-0.05, 0) is 32.4 Å². The van der Waals surface area contributed by atoms with Crippen LogP contribution in [0.4, 0.5) is 8.78 Å². The van der Waals surface area contributed by atoms with Gasteiger partial charge in [0.1, 0.15) is 11.6 Å². The summed E-state index contributed by atoms with van der Waals surface area (Å²) in [5.41, 5.74) is 2.18. The van der Waals surface area contributed by atoms with Crippen LogP contribution in [0.15, 0.2) is 24.4 Å². The Morgan fingerprint density at radius 3 is 2.58 bits per heavy atom. The molecule has 0 saturated heterocycles. The molecule has 0 amide bonds. The Morgan fingerprint density at radius 1 is 1.32 bits per heavy atom. The van der Waals surface area contributed by atoms with Crippen molar-refractivity contribution in [2.75, 3.05) is 0 Å². The van der Waals surface area contributed by atoms with Crippen molar-refractivity contribution < 1.29 is 8.78 Å². The quantitative estimate of drug-likeness (QED) is 0.872. The number of nitrogens with one attached hydrogen (secondary N) is 2. The van der Waals surface area contributed by atoms with E-state index < -0.39 is 11.6 Å². The standard InChI is InChI=1S/C14H17F2N3/c1-9(17-7-11-8-18-19-10(11)2)6-12-13(15)4-3-5-14(12)16/h3-5,8-9,17H,6-7H2,1-2H3,(H,18,19). The predicted octanol–water partition coefficient (Wildman–Crippen LogP) is 2.72. The van der Waals surface area contributed by atoms with Crippen molar-refractivity contribution in [1.82, 2.24) is 15.5 Å². The first-order valence-corrected chi connectivity index (χ1v) is 6.23. The van der Waals surface area contributed by atoms with E-state index in [4.69, 9.17) is 0 Å². The molecule has 1 unspecified atom stereocenters. The highest BCUT2D eigenvalue weighted by atomic mass is 19.1. The summed E-state index contributed by atoms with van der Waals surface area (Å²) < 4.78 is 27.0. The third-order valence-corrected chi connectivity index (χ3v) is 3.15. The number of rotatable bonds is 5. The lowest BCUT2D eigenvalue weighted by atomic mass is 10.1. The van der Waals surface area contributed by atoms with Crippen LogP contribution in [-0.2, 0) is 13.0 Å². The van der Waals surface area contributed by atoms with Crippen molar-refractivity contribution in [2.24, 2.45) is 0 Å². The van der Waals surface area contributed by atoms with Crippen LogP contribution in [0.5, 0.6) is 0 Å². The van der Waals surface area contributed by atoms with Gasteiger partial charge in [-0.3, -0.25) is 5.10 Å². The van der Waals surface area contributed by atoms with E-state index in [1.807, 2.05) is 13.8 Å². The zero-order valence-corrected chi connectivity index (χ0v) is 11.0. The normalized spacial score (nSPS) is 12.6. The second kappa shape index (κ2) is 5.93. The van der Waals surface area contributed by atoms with Crippen LogP contribution >= 0.6 is 0 Å². The van der Waals surface area contributed by atoms with Gasteiger partial charge in [-0.25, -0.2) is 8.78 Å². The van der Waals surface area contributed by atoms with Crippen LogP contribution in [0, 0.1) is 18.6 Å². The van der Waals surface area contributed by atoms with Gasteiger partial charge in [0.05, 0.1) is 6.20 Å². The molecule has 0 bridgehead atoms. The lowest BCUT2D eigenvalue weighted by Crippen LogP contribution is -2.28. The molecule has 0 aliphatic heterocycles. The summed E-state index contributed by atoms with van der Waals surface area (Å²) in [4.78, 5) is 0. The van der Waals surface area contributed by atoms with E-state index >= 15 is 0 Å². The number of H-pyrrole nitrogens is 1. The first-order chi connectivity index (χ1) is 9.08. The first-order valence-electron chi connectivity index (χ1n) is 6.23. The number of benzene rings is 1. The zero-order chi connectivity index (χ0) is 13.8. The van der Waals surface area contributed by atoms with Crippen LogP contribution in [0.2, 0.25) is 0 Å². The smallest absolute Gasteiger partial charge is 0.129 e. The molecule has 2 rings (SSSR count). The molecule has 1 aromatic carbocycles. The maximum atomic E-state index is 13.5. The number of aryl methyl sites for hydroxylation is 1. The van der Waals surface area contributed by atoms with Crippen molar-refractivity contribution in [1.29, 1.82) is 0 Å². The lowest BCUT2D eigenvalue weighted by Gasteiger charge is -2.14. The summed E-state index contributed by atoms with van der Waals surface area (Å²) in [6.07, 6.45) is 2.06. The molecule has 5 heteroatoms. The number of halogens is 2. The van der Waals surface area contributed by atoms with Crippen molar-refractivity contribution in [3.63, 3.8) is 0 Å². The topological polar surface area (TPSA) is 40.7 Å². The monoisotopic (exact) mass is 265 g/mol. The molecule has 2 aromatic rings. The van der Waals surface area contributed by atoms with E-state index in [-0.39, 0.29) is 11.6 Å². The largest absolute Gasteiger partial charge is 0.310 e. The number of aromatic nitrogens is 2. The molecule has 1 aromatic heterocycles. The van der Waals surface area contributed by atoms with Crippen LogP contribution in [0.25, 0.3) is 0 Å². The van der Waals surface area contributed by atoms with Crippen molar-refractivity contribution in [3.8, 4) is 0 Å². The highest BCUT2D eigenvalue weighted by Crippen LogP contribution is 2.14. The number of aromatic amines is 1. The van der Waals surface area contributed by atoms with E-state index in [0.29, 0.717) is 13.0 Å². The summed E-state index contributed by atoms with van der Waals surface area (Å²) >= 11 is 0. The zero-order valence-electron chi connectivity index (χ0n) is 11.0. The van der Waals surface area contributed by atoms with Gasteiger partial charge in [0.2, 0.25) is 0 Å². The summed E-state index contributed by atoms with van der Waals surface area (Å²) in [5.74, 6) is -0.985. The summed E-state index contributed by atoms with van der Waals surface area (Å²) in [7, 11) is 0. The summed E-state index contributed by atoms with van der Waals surface area (Å²) in [6.45, 7) is 4.46. The van der Waals surface area contributed by atoms with Crippen LogP contribution in [-0.4, -0.2) is 16.2 Å². The van der Waals surface area contributed by atoms with Gasteiger partial charge in [0.15, 0.2) is 0 Å². The fourth-order valence-electron chi connectivity index (χ4n) is 1.94. The van der Waals surface area contributed by atoms with E-state index in [9.17, 15) is 8.78 Å². The van der Waals surface area contributed by atoms with Gasteiger partial charge in [-0.15, -0.1) is 0 Å². The van der Waals surface area contributed by atoms with Gasteiger partial charge in [0.25, 0.3) is 0 Å². The molecule has 19 heavy (non-hydrogen) atoms. The molecule has 0 radical (unpaired) electrons. The van der Waals surface area contributed by atoms with Crippen molar-refractivity contribution in [3.05, 3.63) is 52.9 Å². The van der Waals surface area contributed by atoms with E-state index in [2.05, 4.69) is 15.5 Å². The van der Waals surface area contributed by atoms with E-state index in [1.165, 1.54) is 18.2 Å². The molecule has 2 N–H and O–H groups in total. The average Bonchev–Trinajstić information content (AvgIpc) is 2.77. The van der Waals surface area contributed by atoms with E-state index in [1.54, 1.807) is 6.20 Å². The molecule has 0 saturated carbocycles. The Bertz CT molecular complexity index is 531. The molecule has 0 aliphatic carbocycles. The van der Waals surface area contributed by atoms with Gasteiger partial charge in [-0.1, -0.05) is 6.07 Å². The highest BCUT2D eigenvalue weighted by Gasteiger charge is 2.12. The Hall–Kier alpha value is -1.75. The molecule has 1 heterocycles. The van der Waals surface area contributed by atoms with Gasteiger partial charge in [0, 0.05) is 29.4 Å². The SMILES string of the molecule is Cc1[nH]ncc1CNC(C)Cc1c(F)cccc1F. The number of hydrogen-bond acceptors (Lipinski definition) is 2. The average molecular weight is 265 g/mol. The molecule has 0 fully saturated rings. The fraction of sp³-hybridized carbons (Fsp3) is 0.357. The van der Waals surface area contributed by atoms with Crippen LogP contribution in [0.3, 0.4) is 0 Å². The minimum atomic E-state index is -0.492. The van der Waals surface area contributed by atoms with Crippen molar-refractivity contribution in [2.45, 2.75) is 32.9 Å². The Labute approximate surface area is 111 Å². The number of nitrogens with zero attached hydrogens (tertiary/aromatic N) is 1. The van der Waals surface area contributed by atoms with Gasteiger partial charge in [-0.2, -0.15) is 5.10 Å². The lowest BCUT2D eigenvalue weighted by molar-refractivity contribution is 0.499. The maximum Gasteiger partial charge on any atom is 0.129 e. The van der Waals surface area contributed by atoms with Crippen molar-refractivity contribution >= 4 is 0 Å². The predicted molar refractivity (Wildman–Crippen MR) is 69.7 cm³/mol. The molecule has 3 nitrogen and oxygen atoms in total. The second-order valence-electron chi connectivity index (χ2n) is 4.71. The van der Waals surface area contributed by atoms with E-state index in [0.717, 1.165) is 11.3 Å². The molecule has 0 spiro atoms. The Morgan fingerprint density at radius 2 is 2.00 bits per heavy atom. The van der Waals surface area contributed by atoms with Crippen LogP contribution < -0.4 is 5.32 Å². The second-order valence-corrected chi connectivity index (χ2v) is 4.71. The summed E-state index contributed by atoms with van der Waals surface area (Å²) in [6, 6.07) is 3.92. The molecule has 1 atom stereocenters. The molecular formula is C14H17F2N3. The fourth-order valence-corrected chi connectivity index (χ4v) is 1.94. The Kier molecular flexibility index (Phi) is 4.27. The Balaban J connectivity index is 1.94. The summed E-state index contributed by atoms with van der Waals surface area (Å²) in [5, 5.41) is 10.0. The van der Waals surface area contributed by atoms with Gasteiger partial charge < -0.3 is 5.32 Å². The number of hydrogen-bond donors (Lipinski definition) is 2. The molecule has 0 aliphatic rings. The third kappa shape index (κ3) is 3.38. The molecule has 102 valence electrons.